The molecule has 0 bridgehead atoms. The molecule has 15 nitrogen and oxygen atoms in total. The third-order valence-electron chi connectivity index (χ3n) is 18.1. The first-order chi connectivity index (χ1) is 51.7. The zero-order chi connectivity index (χ0) is 79.0. The average Bonchev–Trinajstić information content (AvgIpc) is 0.726. The van der Waals surface area contributed by atoms with E-state index in [1.807, 2.05) is 12.1 Å². The second kappa shape index (κ2) is 31.4. The molecule has 22 heteroatoms. The minimum atomic E-state index is -0.964. The van der Waals surface area contributed by atoms with Gasteiger partial charge >= 0.3 is 0 Å². The van der Waals surface area contributed by atoms with Gasteiger partial charge in [-0.25, -0.2) is 64.6 Å². The average molecular weight is 1420 g/mol. The fourth-order valence-corrected chi connectivity index (χ4v) is 12.9. The Morgan fingerprint density at radius 2 is 0.667 bits per heavy atom. The van der Waals surface area contributed by atoms with Crippen LogP contribution in [0.1, 0.15) is 83.5 Å². The summed E-state index contributed by atoms with van der Waals surface area (Å²) in [6.45, 7) is 63.2. The molecule has 0 heterocycles. The van der Waals surface area contributed by atoms with Crippen molar-refractivity contribution in [2.75, 3.05) is 0 Å². The molecule has 12 aromatic rings. The molecule has 0 aliphatic carbocycles. The molecule has 0 unspecified atom stereocenters. The van der Waals surface area contributed by atoms with E-state index >= 15 is 0 Å². The molecule has 0 amide bonds. The van der Waals surface area contributed by atoms with Gasteiger partial charge in [-0.1, -0.05) is 66.7 Å². The van der Waals surface area contributed by atoms with Crippen LogP contribution in [0.15, 0.2) is 115 Å². The van der Waals surface area contributed by atoms with E-state index < -0.39 is 52.1 Å². The molecular weight excluding hydrogens is 1380 g/mol. The molecule has 0 radical (unpaired) electrons. The molecule has 0 fully saturated rings. The van der Waals surface area contributed by atoms with E-state index in [2.05, 4.69) is 108 Å². The molecule has 0 saturated heterocycles. The highest BCUT2D eigenvalue weighted by Crippen LogP contribution is 2.48. The lowest BCUT2D eigenvalue weighted by molar-refractivity contribution is 0.479. The maximum atomic E-state index is 14.4. The van der Waals surface area contributed by atoms with E-state index in [4.69, 9.17) is 71.8 Å². The molecule has 0 saturated carbocycles. The van der Waals surface area contributed by atoms with Crippen molar-refractivity contribution in [1.29, 1.82) is 36.8 Å². The van der Waals surface area contributed by atoms with E-state index in [-0.39, 0.29) is 112 Å². The summed E-state index contributed by atoms with van der Waals surface area (Å²) in [4.78, 5) is 21.8. The maximum Gasteiger partial charge on any atom is 0.227 e. The highest BCUT2D eigenvalue weighted by Gasteiger charge is 2.29. The predicted octanol–water partition coefficient (Wildman–Crippen LogP) is 24.5. The number of hydrogen-bond donors (Lipinski definition) is 0. The highest BCUT2D eigenvalue weighted by atomic mass is 19.2. The molecule has 0 aliphatic heterocycles. The van der Waals surface area contributed by atoms with Gasteiger partial charge in [0.2, 0.25) is 39.8 Å². The number of hydrogen-bond acceptors (Lipinski definition) is 8. The Balaban J connectivity index is 0.000000169. The third-order valence-corrected chi connectivity index (χ3v) is 18.1. The van der Waals surface area contributed by atoms with Crippen LogP contribution >= 0.6 is 0 Å². The van der Waals surface area contributed by atoms with Crippen LogP contribution < -0.4 is 4.74 Å². The van der Waals surface area contributed by atoms with Crippen LogP contribution in [-0.2, 0) is 0 Å². The Bertz CT molecular complexity index is 6150. The number of nitriles is 7. The zero-order valence-electron chi connectivity index (χ0n) is 57.8. The van der Waals surface area contributed by atoms with Gasteiger partial charge < -0.3 is 4.74 Å². The summed E-state index contributed by atoms with van der Waals surface area (Å²) >= 11 is 0. The lowest BCUT2D eigenvalue weighted by Crippen LogP contribution is -2.03. The normalized spacial score (nSPS) is 10.0. The fraction of sp³-hybridized carbons (Fsp3) is 0.0930. The van der Waals surface area contributed by atoms with Crippen LogP contribution in [0.5, 0.6) is 11.5 Å². The number of nitrogens with zero attached hydrogens (tertiary/aromatic N) is 14. The highest BCUT2D eigenvalue weighted by molar-refractivity contribution is 6.27. The van der Waals surface area contributed by atoms with Gasteiger partial charge in [0.25, 0.3) is 0 Å². The molecule has 108 heavy (non-hydrogen) atoms. The Hall–Kier alpha value is -16.2. The lowest BCUT2D eigenvalue weighted by atomic mass is 9.84. The van der Waals surface area contributed by atoms with Crippen LogP contribution in [0.4, 0.5) is 70.5 Å². The van der Waals surface area contributed by atoms with Gasteiger partial charge in [-0.2, -0.15) is 36.8 Å². The number of aryl methyl sites for hydroxylation is 2. The number of ether oxygens (including phenoxy) is 1. The van der Waals surface area contributed by atoms with Crippen LogP contribution in [-0.4, -0.2) is 0 Å². The predicted molar refractivity (Wildman–Crippen MR) is 392 cm³/mol. The number of rotatable bonds is 6. The van der Waals surface area contributed by atoms with Crippen LogP contribution in [0.25, 0.3) is 111 Å². The van der Waals surface area contributed by atoms with Crippen molar-refractivity contribution < 1.29 is 35.5 Å². The van der Waals surface area contributed by atoms with Crippen molar-refractivity contribution in [2.24, 2.45) is 0 Å². The standard InChI is InChI=1S/C32H19FN2.C20H12F2N4.C18H8F2N4.C16H4F2N4O/c1-18-5-4-6-19(2)29(18)26-13-9-21-8-12-25-24(11-7-20-10-14-27(26)31(21)30(20)25)22-15-23(17-34)32(33)28(16-22)35-3;1-9-13(7-23)17(21)19(25-5)11(3)15(9)16-10(2)14(8-24)18(22)20(26-6)12(16)4;1-9-13(6-15(23-3)17(20)14(9)8-22)12-5-11(7-21)16(19)18(24-4)10(12)2;1-21-13-5-11(3-9(7-19)15(13)17)23-12-4-10(8-20)16(18)14(6-12)22-2/h4-16H,1-2H3;1-4H3;5-6H,1-2H3;3-6H. The lowest BCUT2D eigenvalue weighted by Gasteiger charge is -2.20. The van der Waals surface area contributed by atoms with Gasteiger partial charge in [-0.05, 0) is 225 Å². The molecule has 0 aromatic heterocycles. The summed E-state index contributed by atoms with van der Waals surface area (Å²) in [5.74, 6) is -6.40. The first kappa shape index (κ1) is 76.0. The quantitative estimate of drug-likeness (QED) is 0.0887. The smallest absolute Gasteiger partial charge is 0.227 e. The van der Waals surface area contributed by atoms with Crippen molar-refractivity contribution in [1.82, 2.24) is 0 Å². The SMILES string of the molecule is [C-]#[N+]c1c(C)c(-c2c(C)c(C#N)c(F)c([N+]#[C-])c2C)c(C)c(C#N)c1F.[C-]#[N+]c1cc(-c2cc(C#N)c(F)c([N+]#[C-])c2C)c(C)c(C#N)c1F.[C-]#[N+]c1cc(-c2ccc3ccc4c(-c5c(C)cccc5C)ccc5ccc2c3c54)cc(C#N)c1F.[C-]#[N+]c1cc(Oc2cc(C#N)c(F)c([N+]#[C-])c2)cc(C#N)c1F. The molecule has 0 atom stereocenters. The second-order valence-corrected chi connectivity index (χ2v) is 23.9. The largest absolute Gasteiger partial charge is 0.460 e. The van der Waals surface area contributed by atoms with E-state index in [0.717, 1.165) is 51.4 Å². The van der Waals surface area contributed by atoms with Crippen molar-refractivity contribution in [3.8, 4) is 98.5 Å². The minimum Gasteiger partial charge on any atom is -0.460 e. The molecule has 0 N–H and O–H groups in total. The molecular formula is C86H43F7N14O. The maximum absolute atomic E-state index is 14.4. The second-order valence-electron chi connectivity index (χ2n) is 23.9. The van der Waals surface area contributed by atoms with Crippen molar-refractivity contribution in [3.63, 3.8) is 0 Å². The van der Waals surface area contributed by atoms with Crippen molar-refractivity contribution >= 4 is 72.1 Å². The van der Waals surface area contributed by atoms with E-state index in [9.17, 15) is 46.5 Å². The van der Waals surface area contributed by atoms with Crippen LogP contribution in [0, 0.1) is 221 Å². The molecule has 12 aromatic carbocycles. The number of halogens is 7. The van der Waals surface area contributed by atoms with Crippen molar-refractivity contribution in [2.45, 2.75) is 55.4 Å². The Kier molecular flexibility index (Phi) is 22.1. The van der Waals surface area contributed by atoms with Gasteiger partial charge in [0, 0.05) is 0 Å². The summed E-state index contributed by atoms with van der Waals surface area (Å²) in [6, 6.07) is 45.2. The Labute approximate surface area is 614 Å². The van der Waals surface area contributed by atoms with Gasteiger partial charge in [0.05, 0.1) is 84.9 Å². The van der Waals surface area contributed by atoms with Crippen molar-refractivity contribution in [3.05, 3.63) is 319 Å². The van der Waals surface area contributed by atoms with Gasteiger partial charge in [0.15, 0.2) is 0 Å². The van der Waals surface area contributed by atoms with E-state index in [0.29, 0.717) is 27.8 Å². The van der Waals surface area contributed by atoms with E-state index in [1.54, 1.807) is 36.4 Å². The molecule has 0 aliphatic rings. The molecule has 12 rings (SSSR count). The van der Waals surface area contributed by atoms with Gasteiger partial charge in [0.1, 0.15) is 94.7 Å². The zero-order valence-corrected chi connectivity index (χ0v) is 57.8. The van der Waals surface area contributed by atoms with Gasteiger partial charge in [-0.3, -0.25) is 0 Å². The Morgan fingerprint density at radius 3 is 1.08 bits per heavy atom. The summed E-state index contributed by atoms with van der Waals surface area (Å²) in [7, 11) is 0. The third kappa shape index (κ3) is 13.4. The minimum absolute atomic E-state index is 0.0413. The van der Waals surface area contributed by atoms with Gasteiger partial charge in [-0.15, -0.1) is 0 Å². The number of benzene rings is 12. The first-order valence-electron chi connectivity index (χ1n) is 31.4. The first-order valence-corrected chi connectivity index (χ1v) is 31.4. The summed E-state index contributed by atoms with van der Waals surface area (Å²) in [5, 5.41) is 70.8. The van der Waals surface area contributed by atoms with E-state index in [1.165, 1.54) is 98.8 Å². The monoisotopic (exact) mass is 1420 g/mol. The molecule has 0 spiro atoms. The molecule has 512 valence electrons. The topological polar surface area (TPSA) is 206 Å². The van der Waals surface area contributed by atoms with Crippen LogP contribution in [0.3, 0.4) is 0 Å². The Morgan fingerprint density at radius 1 is 0.306 bits per heavy atom. The summed E-state index contributed by atoms with van der Waals surface area (Å²) < 4.78 is 104. The summed E-state index contributed by atoms with van der Waals surface area (Å²) in [5.41, 5.74) is 5.27. The summed E-state index contributed by atoms with van der Waals surface area (Å²) in [6.07, 6.45) is 0. The fourth-order valence-electron chi connectivity index (χ4n) is 12.9. The van der Waals surface area contributed by atoms with Crippen LogP contribution in [0.2, 0.25) is 0 Å².